The van der Waals surface area contributed by atoms with Gasteiger partial charge < -0.3 is 27.2 Å². The summed E-state index contributed by atoms with van der Waals surface area (Å²) < 4.78 is 0. The normalized spacial score (nSPS) is 11.8. The van der Waals surface area contributed by atoms with Gasteiger partial charge in [-0.2, -0.15) is 9.97 Å². The fourth-order valence-corrected chi connectivity index (χ4v) is 2.72. The molecule has 2 aromatic heterocycles. The molecular formula is C19H22N8O3. The SMILES string of the molecule is C[C@H](CCC(=O)O)NC(=O)c1ccc(NCc2cnc3nc(N)nc(N)c3n2)cc1. The summed E-state index contributed by atoms with van der Waals surface area (Å²) in [5, 5.41) is 14.7. The monoisotopic (exact) mass is 410 g/mol. The molecule has 1 amide bonds. The number of rotatable bonds is 8. The number of carboxylic acid groups (broad SMARTS) is 1. The van der Waals surface area contributed by atoms with E-state index < -0.39 is 5.97 Å². The molecule has 0 fully saturated rings. The van der Waals surface area contributed by atoms with Gasteiger partial charge >= 0.3 is 5.97 Å². The van der Waals surface area contributed by atoms with E-state index >= 15 is 0 Å². The summed E-state index contributed by atoms with van der Waals surface area (Å²) in [5.41, 5.74) is 14.0. The number of anilines is 3. The Bertz CT molecular complexity index is 1070. The van der Waals surface area contributed by atoms with E-state index in [-0.39, 0.29) is 30.1 Å². The summed E-state index contributed by atoms with van der Waals surface area (Å²) in [4.78, 5) is 39.3. The van der Waals surface area contributed by atoms with Gasteiger partial charge in [0.2, 0.25) is 5.95 Å². The summed E-state index contributed by atoms with van der Waals surface area (Å²) in [5.74, 6) is -0.933. The van der Waals surface area contributed by atoms with Crippen molar-refractivity contribution >= 4 is 40.5 Å². The van der Waals surface area contributed by atoms with Crippen LogP contribution in [0.3, 0.4) is 0 Å². The standard InChI is InChI=1S/C19H22N8O3/c1-10(2-7-14(28)29)24-18(30)11-3-5-12(6-4-11)22-8-13-9-23-17-15(25-13)16(20)26-19(21)27-17/h3-6,9-10,22H,2,7-8H2,1H3,(H,24,30)(H,28,29)(H4,20,21,23,26,27)/t10-/m1/s1. The van der Waals surface area contributed by atoms with Crippen LogP contribution in [0.2, 0.25) is 0 Å². The lowest BCUT2D eigenvalue weighted by Gasteiger charge is -2.13. The van der Waals surface area contributed by atoms with Gasteiger partial charge in [0.25, 0.3) is 5.91 Å². The Kier molecular flexibility index (Phi) is 6.20. The lowest BCUT2D eigenvalue weighted by molar-refractivity contribution is -0.137. The number of nitrogens with two attached hydrogens (primary N) is 2. The third kappa shape index (κ3) is 5.28. The first-order valence-corrected chi connectivity index (χ1v) is 9.23. The molecule has 11 heteroatoms. The van der Waals surface area contributed by atoms with E-state index in [1.54, 1.807) is 37.4 Å². The molecule has 2 heterocycles. The first-order valence-electron chi connectivity index (χ1n) is 9.23. The van der Waals surface area contributed by atoms with Gasteiger partial charge in [-0.3, -0.25) is 9.59 Å². The second-order valence-corrected chi connectivity index (χ2v) is 6.74. The van der Waals surface area contributed by atoms with Crippen LogP contribution < -0.4 is 22.1 Å². The first-order chi connectivity index (χ1) is 14.3. The molecule has 0 aliphatic heterocycles. The van der Waals surface area contributed by atoms with Crippen molar-refractivity contribution in [3.63, 3.8) is 0 Å². The number of carbonyl (C=O) groups is 2. The highest BCUT2D eigenvalue weighted by Gasteiger charge is 2.11. The van der Waals surface area contributed by atoms with Gasteiger partial charge in [0.05, 0.1) is 18.4 Å². The third-order valence-corrected chi connectivity index (χ3v) is 4.29. The molecule has 0 aliphatic carbocycles. The van der Waals surface area contributed by atoms with Crippen LogP contribution in [0.4, 0.5) is 17.5 Å². The van der Waals surface area contributed by atoms with E-state index in [9.17, 15) is 9.59 Å². The Morgan fingerprint density at radius 3 is 2.57 bits per heavy atom. The van der Waals surface area contributed by atoms with Crippen LogP contribution in [-0.2, 0) is 11.3 Å². The zero-order chi connectivity index (χ0) is 21.7. The number of aromatic nitrogens is 4. The van der Waals surface area contributed by atoms with Crippen LogP contribution >= 0.6 is 0 Å². The Morgan fingerprint density at radius 2 is 1.87 bits per heavy atom. The van der Waals surface area contributed by atoms with E-state index in [4.69, 9.17) is 16.6 Å². The zero-order valence-electron chi connectivity index (χ0n) is 16.3. The van der Waals surface area contributed by atoms with Crippen molar-refractivity contribution in [3.05, 3.63) is 41.7 Å². The molecule has 0 radical (unpaired) electrons. The van der Waals surface area contributed by atoms with E-state index in [1.165, 1.54) is 0 Å². The molecule has 1 aromatic carbocycles. The first kappa shape index (κ1) is 20.7. The number of fused-ring (bicyclic) bond motifs is 1. The van der Waals surface area contributed by atoms with Crippen molar-refractivity contribution in [1.29, 1.82) is 0 Å². The molecule has 0 saturated heterocycles. The number of amides is 1. The number of nitrogen functional groups attached to an aromatic ring is 2. The van der Waals surface area contributed by atoms with E-state index in [1.807, 2.05) is 0 Å². The second kappa shape index (κ2) is 8.99. The topological polar surface area (TPSA) is 182 Å². The molecule has 0 aliphatic rings. The van der Waals surface area contributed by atoms with E-state index in [0.717, 1.165) is 5.69 Å². The highest BCUT2D eigenvalue weighted by Crippen LogP contribution is 2.16. The number of carboxylic acids is 1. The summed E-state index contributed by atoms with van der Waals surface area (Å²) in [6.07, 6.45) is 1.95. The molecule has 7 N–H and O–H groups in total. The lowest BCUT2D eigenvalue weighted by Crippen LogP contribution is -2.32. The van der Waals surface area contributed by atoms with Crippen LogP contribution in [0, 0.1) is 0 Å². The maximum atomic E-state index is 12.2. The van der Waals surface area contributed by atoms with Crippen molar-refractivity contribution in [3.8, 4) is 0 Å². The number of hydrogen-bond donors (Lipinski definition) is 5. The number of nitrogens with one attached hydrogen (secondary N) is 2. The van der Waals surface area contributed by atoms with E-state index in [0.29, 0.717) is 35.4 Å². The van der Waals surface area contributed by atoms with Crippen LogP contribution in [0.1, 0.15) is 35.8 Å². The van der Waals surface area contributed by atoms with Crippen molar-refractivity contribution in [1.82, 2.24) is 25.3 Å². The molecule has 3 rings (SSSR count). The molecule has 11 nitrogen and oxygen atoms in total. The Labute approximate surface area is 172 Å². The molecule has 3 aromatic rings. The molecule has 0 unspecified atom stereocenters. The molecule has 0 bridgehead atoms. The molecular weight excluding hydrogens is 388 g/mol. The van der Waals surface area contributed by atoms with Crippen molar-refractivity contribution in [2.75, 3.05) is 16.8 Å². The lowest BCUT2D eigenvalue weighted by atomic mass is 10.1. The summed E-state index contributed by atoms with van der Waals surface area (Å²) in [6.45, 7) is 2.15. The molecule has 1 atom stereocenters. The highest BCUT2D eigenvalue weighted by atomic mass is 16.4. The van der Waals surface area contributed by atoms with Gasteiger partial charge in [-0.25, -0.2) is 9.97 Å². The van der Waals surface area contributed by atoms with Crippen molar-refractivity contribution in [2.45, 2.75) is 32.4 Å². The van der Waals surface area contributed by atoms with Crippen LogP contribution in [-0.4, -0.2) is 43.0 Å². The fourth-order valence-electron chi connectivity index (χ4n) is 2.72. The molecule has 30 heavy (non-hydrogen) atoms. The zero-order valence-corrected chi connectivity index (χ0v) is 16.3. The fraction of sp³-hybridized carbons (Fsp3) is 0.263. The Balaban J connectivity index is 1.59. The number of aliphatic carboxylic acids is 1. The number of hydrogen-bond acceptors (Lipinski definition) is 9. The molecule has 156 valence electrons. The maximum absolute atomic E-state index is 12.2. The predicted molar refractivity (Wildman–Crippen MR) is 112 cm³/mol. The quantitative estimate of drug-likeness (QED) is 0.361. The Morgan fingerprint density at radius 1 is 1.13 bits per heavy atom. The summed E-state index contributed by atoms with van der Waals surface area (Å²) in [6, 6.07) is 6.67. The molecule has 0 spiro atoms. The smallest absolute Gasteiger partial charge is 0.303 e. The predicted octanol–water partition coefficient (Wildman–Crippen LogP) is 1.18. The van der Waals surface area contributed by atoms with Crippen LogP contribution in [0.5, 0.6) is 0 Å². The number of carbonyl (C=O) groups excluding carboxylic acids is 1. The minimum Gasteiger partial charge on any atom is -0.481 e. The molecule has 0 saturated carbocycles. The van der Waals surface area contributed by atoms with Gasteiger partial charge in [-0.1, -0.05) is 0 Å². The minimum absolute atomic E-state index is 0.00707. The van der Waals surface area contributed by atoms with Gasteiger partial charge in [-0.15, -0.1) is 0 Å². The van der Waals surface area contributed by atoms with Gasteiger partial charge in [-0.05, 0) is 37.6 Å². The van der Waals surface area contributed by atoms with Crippen molar-refractivity contribution in [2.24, 2.45) is 0 Å². The maximum Gasteiger partial charge on any atom is 0.303 e. The average molecular weight is 410 g/mol. The average Bonchev–Trinajstić information content (AvgIpc) is 2.71. The van der Waals surface area contributed by atoms with Crippen molar-refractivity contribution < 1.29 is 14.7 Å². The van der Waals surface area contributed by atoms with Crippen LogP contribution in [0.15, 0.2) is 30.5 Å². The van der Waals surface area contributed by atoms with Gasteiger partial charge in [0.1, 0.15) is 0 Å². The minimum atomic E-state index is -0.887. The van der Waals surface area contributed by atoms with E-state index in [2.05, 4.69) is 30.6 Å². The highest BCUT2D eigenvalue weighted by molar-refractivity contribution is 5.94. The largest absolute Gasteiger partial charge is 0.481 e. The number of nitrogens with zero attached hydrogens (tertiary/aromatic N) is 4. The summed E-state index contributed by atoms with van der Waals surface area (Å²) in [7, 11) is 0. The second-order valence-electron chi connectivity index (χ2n) is 6.74. The third-order valence-electron chi connectivity index (χ3n) is 4.29. The van der Waals surface area contributed by atoms with Gasteiger partial charge in [0, 0.05) is 23.7 Å². The number of benzene rings is 1. The summed E-state index contributed by atoms with van der Waals surface area (Å²) >= 11 is 0. The van der Waals surface area contributed by atoms with Gasteiger partial charge in [0.15, 0.2) is 17.0 Å². The van der Waals surface area contributed by atoms with Crippen LogP contribution in [0.25, 0.3) is 11.2 Å². The Hall–Kier alpha value is -4.02.